The van der Waals surface area contributed by atoms with Crippen molar-refractivity contribution in [1.29, 1.82) is 0 Å². The fourth-order valence-corrected chi connectivity index (χ4v) is 5.54. The summed E-state index contributed by atoms with van der Waals surface area (Å²) in [5.41, 5.74) is 5.67. The van der Waals surface area contributed by atoms with Gasteiger partial charge in [0.2, 0.25) is 11.9 Å². The van der Waals surface area contributed by atoms with Crippen LogP contribution in [-0.2, 0) is 11.3 Å². The van der Waals surface area contributed by atoms with Crippen molar-refractivity contribution in [2.45, 2.75) is 39.3 Å². The zero-order valence-corrected chi connectivity index (χ0v) is 22.0. The van der Waals surface area contributed by atoms with Gasteiger partial charge in [-0.25, -0.2) is 4.98 Å². The number of benzene rings is 3. The largest absolute Gasteiger partial charge is 0.486 e. The molecular weight excluding hydrogens is 476 g/mol. The van der Waals surface area contributed by atoms with Crippen molar-refractivity contribution in [2.24, 2.45) is 5.92 Å². The molecule has 2 aliphatic rings. The second kappa shape index (κ2) is 10.4. The molecule has 1 amide bonds. The van der Waals surface area contributed by atoms with Crippen LogP contribution in [0.4, 0.5) is 5.95 Å². The molecular formula is C31H34N4O3. The molecule has 2 aliphatic heterocycles. The van der Waals surface area contributed by atoms with Crippen LogP contribution in [0.5, 0.6) is 11.5 Å². The van der Waals surface area contributed by atoms with E-state index in [-0.39, 0.29) is 17.9 Å². The van der Waals surface area contributed by atoms with E-state index in [0.29, 0.717) is 13.2 Å². The Labute approximate surface area is 223 Å². The Hall–Kier alpha value is -4.00. The monoisotopic (exact) mass is 510 g/mol. The number of rotatable bonds is 6. The molecule has 7 nitrogen and oxygen atoms in total. The maximum Gasteiger partial charge on any atom is 0.223 e. The predicted octanol–water partition coefficient (Wildman–Crippen LogP) is 5.26. The van der Waals surface area contributed by atoms with Gasteiger partial charge in [0.05, 0.1) is 23.6 Å². The van der Waals surface area contributed by atoms with Gasteiger partial charge in [0.15, 0.2) is 11.5 Å². The average molecular weight is 511 g/mol. The predicted molar refractivity (Wildman–Crippen MR) is 149 cm³/mol. The van der Waals surface area contributed by atoms with Gasteiger partial charge in [0.1, 0.15) is 13.2 Å². The van der Waals surface area contributed by atoms with Gasteiger partial charge in [0.25, 0.3) is 0 Å². The van der Waals surface area contributed by atoms with Crippen LogP contribution in [0, 0.1) is 12.8 Å². The number of amides is 1. The number of para-hydroxylation sites is 2. The number of imidazole rings is 1. The standard InChI is InChI=1S/C31H34N4O3/c1-21-6-5-7-23(18-21)20-35-27-9-4-3-8-26(27)33-31(35)34-14-12-24(13-15-34)30(36)32-22(2)25-10-11-28-29(19-25)38-17-16-37-28/h3-11,18-19,22,24H,12-17,20H2,1-2H3,(H,32,36)/t22-/m0/s1. The lowest BCUT2D eigenvalue weighted by Crippen LogP contribution is -2.42. The van der Waals surface area contributed by atoms with Crippen molar-refractivity contribution in [2.75, 3.05) is 31.2 Å². The maximum atomic E-state index is 13.2. The summed E-state index contributed by atoms with van der Waals surface area (Å²) in [5.74, 6) is 2.59. The molecule has 6 rings (SSSR count). The van der Waals surface area contributed by atoms with E-state index in [9.17, 15) is 4.79 Å². The molecule has 1 fully saturated rings. The number of carbonyl (C=O) groups is 1. The molecule has 1 saturated heterocycles. The van der Waals surface area contributed by atoms with Gasteiger partial charge in [-0.15, -0.1) is 0 Å². The van der Waals surface area contributed by atoms with E-state index in [4.69, 9.17) is 14.5 Å². The number of piperidine rings is 1. The molecule has 0 radical (unpaired) electrons. The van der Waals surface area contributed by atoms with Crippen LogP contribution < -0.4 is 19.7 Å². The van der Waals surface area contributed by atoms with Gasteiger partial charge in [-0.1, -0.05) is 48.0 Å². The fourth-order valence-electron chi connectivity index (χ4n) is 5.54. The Morgan fingerprint density at radius 3 is 2.61 bits per heavy atom. The Bertz CT molecular complexity index is 1450. The summed E-state index contributed by atoms with van der Waals surface area (Å²) in [6.45, 7) is 7.63. The highest BCUT2D eigenvalue weighted by Crippen LogP contribution is 2.33. The molecule has 0 aliphatic carbocycles. The lowest BCUT2D eigenvalue weighted by molar-refractivity contribution is -0.126. The quantitative estimate of drug-likeness (QED) is 0.383. The molecule has 0 spiro atoms. The number of aryl methyl sites for hydroxylation is 1. The molecule has 1 aromatic heterocycles. The molecule has 0 bridgehead atoms. The number of hydrogen-bond donors (Lipinski definition) is 1. The third-order valence-corrected chi connectivity index (χ3v) is 7.63. The average Bonchev–Trinajstić information content (AvgIpc) is 3.31. The number of anilines is 1. The number of nitrogens with zero attached hydrogens (tertiary/aromatic N) is 3. The molecule has 0 unspecified atom stereocenters. The summed E-state index contributed by atoms with van der Waals surface area (Å²) in [6, 6.07) is 22.8. The molecule has 1 N–H and O–H groups in total. The second-order valence-electron chi connectivity index (χ2n) is 10.4. The smallest absolute Gasteiger partial charge is 0.223 e. The minimum absolute atomic E-state index is 0.0134. The van der Waals surface area contributed by atoms with Crippen LogP contribution in [0.25, 0.3) is 11.0 Å². The van der Waals surface area contributed by atoms with Gasteiger partial charge in [-0.3, -0.25) is 4.79 Å². The van der Waals surface area contributed by atoms with Crippen LogP contribution in [0.3, 0.4) is 0 Å². The van der Waals surface area contributed by atoms with Crippen LogP contribution in [0.2, 0.25) is 0 Å². The lowest BCUT2D eigenvalue weighted by Gasteiger charge is -2.33. The van der Waals surface area contributed by atoms with Crippen molar-refractivity contribution in [3.8, 4) is 11.5 Å². The van der Waals surface area contributed by atoms with Crippen molar-refractivity contribution in [3.05, 3.63) is 83.4 Å². The third-order valence-electron chi connectivity index (χ3n) is 7.63. The normalized spacial score (nSPS) is 16.4. The van der Waals surface area contributed by atoms with E-state index in [1.165, 1.54) is 11.1 Å². The number of carbonyl (C=O) groups excluding carboxylic acids is 1. The van der Waals surface area contributed by atoms with E-state index >= 15 is 0 Å². The first kappa shape index (κ1) is 24.3. The summed E-state index contributed by atoms with van der Waals surface area (Å²) < 4.78 is 13.6. The summed E-state index contributed by atoms with van der Waals surface area (Å²) in [4.78, 5) is 20.5. The molecule has 38 heavy (non-hydrogen) atoms. The highest BCUT2D eigenvalue weighted by Gasteiger charge is 2.29. The molecule has 4 aromatic rings. The summed E-state index contributed by atoms with van der Waals surface area (Å²) in [5, 5.41) is 3.22. The van der Waals surface area contributed by atoms with E-state index < -0.39 is 0 Å². The van der Waals surface area contributed by atoms with E-state index in [2.05, 4.69) is 64.2 Å². The molecule has 3 aromatic carbocycles. The number of aromatic nitrogens is 2. The minimum Gasteiger partial charge on any atom is -0.486 e. The summed E-state index contributed by atoms with van der Waals surface area (Å²) in [7, 11) is 0. The van der Waals surface area contributed by atoms with Gasteiger partial charge >= 0.3 is 0 Å². The lowest BCUT2D eigenvalue weighted by atomic mass is 9.95. The Balaban J connectivity index is 1.13. The summed E-state index contributed by atoms with van der Waals surface area (Å²) in [6.07, 6.45) is 1.60. The molecule has 0 saturated carbocycles. The van der Waals surface area contributed by atoms with Crippen molar-refractivity contribution in [1.82, 2.24) is 14.9 Å². The Kier molecular flexibility index (Phi) is 6.66. The minimum atomic E-state index is -0.102. The van der Waals surface area contributed by atoms with Crippen molar-refractivity contribution >= 4 is 22.9 Å². The first-order chi connectivity index (χ1) is 18.5. The van der Waals surface area contributed by atoms with E-state index in [1.807, 2.05) is 31.2 Å². The van der Waals surface area contributed by atoms with Gasteiger partial charge in [-0.2, -0.15) is 0 Å². The molecule has 196 valence electrons. The highest BCUT2D eigenvalue weighted by atomic mass is 16.6. The van der Waals surface area contributed by atoms with Gasteiger partial charge in [-0.05, 0) is 62.1 Å². The number of nitrogens with one attached hydrogen (secondary N) is 1. The molecule has 3 heterocycles. The van der Waals surface area contributed by atoms with Crippen LogP contribution >= 0.6 is 0 Å². The number of fused-ring (bicyclic) bond motifs is 2. The molecule has 7 heteroatoms. The summed E-state index contributed by atoms with van der Waals surface area (Å²) >= 11 is 0. The van der Waals surface area contributed by atoms with Gasteiger partial charge < -0.3 is 24.3 Å². The number of hydrogen-bond acceptors (Lipinski definition) is 5. The van der Waals surface area contributed by atoms with Crippen molar-refractivity contribution in [3.63, 3.8) is 0 Å². The van der Waals surface area contributed by atoms with Crippen molar-refractivity contribution < 1.29 is 14.3 Å². The third kappa shape index (κ3) is 4.93. The topological polar surface area (TPSA) is 68.6 Å². The second-order valence-corrected chi connectivity index (χ2v) is 10.4. The van der Waals surface area contributed by atoms with Gasteiger partial charge in [0, 0.05) is 19.0 Å². The first-order valence-corrected chi connectivity index (χ1v) is 13.5. The van der Waals surface area contributed by atoms with Crippen LogP contribution in [-0.4, -0.2) is 41.8 Å². The van der Waals surface area contributed by atoms with E-state index in [1.54, 1.807) is 0 Å². The fraction of sp³-hybridized carbons (Fsp3) is 0.355. The van der Waals surface area contributed by atoms with E-state index in [0.717, 1.165) is 66.5 Å². The number of ether oxygens (including phenoxy) is 2. The SMILES string of the molecule is Cc1cccc(Cn2c(N3CCC(C(=O)N[C@@H](C)c4ccc5c(c4)OCCO5)CC3)nc3ccccc32)c1. The van der Waals surface area contributed by atoms with Crippen LogP contribution in [0.15, 0.2) is 66.7 Å². The Morgan fingerprint density at radius 1 is 1.00 bits per heavy atom. The molecule has 1 atom stereocenters. The maximum absolute atomic E-state index is 13.2. The Morgan fingerprint density at radius 2 is 1.79 bits per heavy atom. The highest BCUT2D eigenvalue weighted by molar-refractivity contribution is 5.80. The zero-order chi connectivity index (χ0) is 26.1. The van der Waals surface area contributed by atoms with Crippen LogP contribution in [0.1, 0.15) is 42.5 Å². The first-order valence-electron chi connectivity index (χ1n) is 13.5. The zero-order valence-electron chi connectivity index (χ0n) is 22.0.